The van der Waals surface area contributed by atoms with Gasteiger partial charge in [-0.2, -0.15) is 5.10 Å². The monoisotopic (exact) mass is 231 g/mol. The molecule has 0 fully saturated rings. The minimum Gasteiger partial charge on any atom is -0.382 e. The molecule has 0 saturated carbocycles. The molecule has 0 atom stereocenters. The third-order valence-electron chi connectivity index (χ3n) is 2.47. The quantitative estimate of drug-likeness (QED) is 0.677. The molecule has 90 valence electrons. The van der Waals surface area contributed by atoms with Crippen molar-refractivity contribution >= 4 is 18.0 Å². The SMILES string of the molecule is CC.Nc1cc(-c2nc3c([nH]2)=CCCC=3)[nH]n1. The molecule has 0 bridgehead atoms. The zero-order valence-corrected chi connectivity index (χ0v) is 10.1. The van der Waals surface area contributed by atoms with Crippen LogP contribution in [0.15, 0.2) is 6.07 Å². The maximum absolute atomic E-state index is 5.54. The molecular formula is C12H17N5. The summed E-state index contributed by atoms with van der Waals surface area (Å²) in [4.78, 5) is 7.70. The molecule has 3 rings (SSSR count). The number of nitrogens with zero attached hydrogens (tertiary/aromatic N) is 2. The average molecular weight is 231 g/mol. The van der Waals surface area contributed by atoms with Crippen LogP contribution in [0, 0.1) is 0 Å². The summed E-state index contributed by atoms with van der Waals surface area (Å²) in [7, 11) is 0. The van der Waals surface area contributed by atoms with E-state index in [4.69, 9.17) is 5.73 Å². The number of anilines is 1. The first-order valence-electron chi connectivity index (χ1n) is 5.90. The van der Waals surface area contributed by atoms with Crippen molar-refractivity contribution < 1.29 is 0 Å². The summed E-state index contributed by atoms with van der Waals surface area (Å²) in [5.74, 6) is 1.27. The predicted molar refractivity (Wildman–Crippen MR) is 69.3 cm³/mol. The highest BCUT2D eigenvalue weighted by Gasteiger charge is 2.06. The van der Waals surface area contributed by atoms with Crippen molar-refractivity contribution in [3.05, 3.63) is 16.8 Å². The number of H-pyrrole nitrogens is 2. The predicted octanol–water partition coefficient (Wildman–Crippen LogP) is 0.763. The Labute approximate surface area is 99.5 Å². The van der Waals surface area contributed by atoms with Crippen molar-refractivity contribution in [1.29, 1.82) is 0 Å². The molecule has 5 heteroatoms. The molecule has 4 N–H and O–H groups in total. The van der Waals surface area contributed by atoms with Gasteiger partial charge in [0.05, 0.1) is 10.7 Å². The van der Waals surface area contributed by atoms with Crippen LogP contribution in [0.3, 0.4) is 0 Å². The Bertz CT molecular complexity index is 572. The van der Waals surface area contributed by atoms with E-state index in [2.05, 4.69) is 32.3 Å². The van der Waals surface area contributed by atoms with E-state index in [1.54, 1.807) is 6.07 Å². The molecule has 0 aliphatic heterocycles. The van der Waals surface area contributed by atoms with Crippen LogP contribution in [0.2, 0.25) is 0 Å². The fourth-order valence-corrected chi connectivity index (χ4v) is 1.75. The zero-order valence-electron chi connectivity index (χ0n) is 10.1. The minimum absolute atomic E-state index is 0.479. The molecule has 2 aromatic heterocycles. The van der Waals surface area contributed by atoms with E-state index >= 15 is 0 Å². The smallest absolute Gasteiger partial charge is 0.156 e. The Kier molecular flexibility index (Phi) is 3.27. The van der Waals surface area contributed by atoms with Gasteiger partial charge in [-0.15, -0.1) is 0 Å². The molecule has 0 unspecified atom stereocenters. The highest BCUT2D eigenvalue weighted by atomic mass is 15.2. The van der Waals surface area contributed by atoms with Crippen LogP contribution in [0.1, 0.15) is 26.7 Å². The lowest BCUT2D eigenvalue weighted by molar-refractivity contribution is 1.08. The number of aromatic nitrogens is 4. The van der Waals surface area contributed by atoms with Crippen LogP contribution in [0.5, 0.6) is 0 Å². The Morgan fingerprint density at radius 1 is 1.24 bits per heavy atom. The second-order valence-electron chi connectivity index (χ2n) is 3.58. The van der Waals surface area contributed by atoms with Gasteiger partial charge in [-0.25, -0.2) is 4.98 Å². The van der Waals surface area contributed by atoms with E-state index in [1.807, 2.05) is 13.8 Å². The molecule has 17 heavy (non-hydrogen) atoms. The molecule has 0 amide bonds. The summed E-state index contributed by atoms with van der Waals surface area (Å²) < 4.78 is 0. The lowest BCUT2D eigenvalue weighted by Gasteiger charge is -1.89. The Balaban J connectivity index is 0.000000514. The van der Waals surface area contributed by atoms with E-state index in [-0.39, 0.29) is 0 Å². The van der Waals surface area contributed by atoms with Crippen molar-refractivity contribution in [3.8, 4) is 11.5 Å². The van der Waals surface area contributed by atoms with Crippen molar-refractivity contribution in [2.45, 2.75) is 26.7 Å². The van der Waals surface area contributed by atoms with Crippen LogP contribution in [0.25, 0.3) is 23.7 Å². The van der Waals surface area contributed by atoms with Crippen LogP contribution in [-0.2, 0) is 0 Å². The van der Waals surface area contributed by atoms with E-state index in [9.17, 15) is 0 Å². The number of nitrogens with one attached hydrogen (secondary N) is 2. The number of nitrogens with two attached hydrogens (primary N) is 1. The second-order valence-corrected chi connectivity index (χ2v) is 3.58. The standard InChI is InChI=1S/C10H11N5.C2H6/c11-9-5-8(14-15-9)10-12-6-3-1-2-4-7(6)13-10;1-2/h3-5H,1-2H2,(H,12,13)(H3,11,14,15);1-2H3. The zero-order chi connectivity index (χ0) is 12.3. The summed E-state index contributed by atoms with van der Waals surface area (Å²) >= 11 is 0. The first kappa shape index (κ1) is 11.4. The molecule has 1 aliphatic carbocycles. The highest BCUT2D eigenvalue weighted by Crippen LogP contribution is 2.11. The number of nitrogen functional groups attached to an aromatic ring is 1. The number of fused-ring (bicyclic) bond motifs is 1. The first-order valence-corrected chi connectivity index (χ1v) is 5.90. The van der Waals surface area contributed by atoms with E-state index in [0.717, 1.165) is 35.1 Å². The Morgan fingerprint density at radius 2 is 2.00 bits per heavy atom. The summed E-state index contributed by atoms with van der Waals surface area (Å²) in [5, 5.41) is 8.81. The van der Waals surface area contributed by atoms with E-state index in [0.29, 0.717) is 5.82 Å². The van der Waals surface area contributed by atoms with Gasteiger partial charge in [-0.1, -0.05) is 26.0 Å². The number of aromatic amines is 2. The second kappa shape index (κ2) is 4.86. The normalized spacial score (nSPS) is 12.8. The fourth-order valence-electron chi connectivity index (χ4n) is 1.75. The third-order valence-corrected chi connectivity index (χ3v) is 2.47. The summed E-state index contributed by atoms with van der Waals surface area (Å²) in [6.07, 6.45) is 6.42. The molecule has 2 heterocycles. The number of rotatable bonds is 1. The minimum atomic E-state index is 0.479. The van der Waals surface area contributed by atoms with Crippen molar-refractivity contribution in [2.75, 3.05) is 5.73 Å². The molecule has 2 aromatic rings. The first-order chi connectivity index (χ1) is 8.33. The van der Waals surface area contributed by atoms with Crippen LogP contribution in [-0.4, -0.2) is 20.2 Å². The summed E-state index contributed by atoms with van der Waals surface area (Å²) in [5.41, 5.74) is 6.36. The fraction of sp³-hybridized carbons (Fsp3) is 0.333. The number of imidazole rings is 1. The van der Waals surface area contributed by atoms with E-state index in [1.165, 1.54) is 0 Å². The van der Waals surface area contributed by atoms with Gasteiger partial charge < -0.3 is 10.7 Å². The van der Waals surface area contributed by atoms with Gasteiger partial charge in [0.15, 0.2) is 5.82 Å². The lowest BCUT2D eigenvalue weighted by Crippen LogP contribution is -2.26. The van der Waals surface area contributed by atoms with Gasteiger partial charge in [0.2, 0.25) is 0 Å². The number of hydrogen-bond acceptors (Lipinski definition) is 3. The van der Waals surface area contributed by atoms with Crippen LogP contribution < -0.4 is 16.4 Å². The van der Waals surface area contributed by atoms with Crippen molar-refractivity contribution in [1.82, 2.24) is 20.2 Å². The molecule has 0 radical (unpaired) electrons. The molecule has 1 aliphatic rings. The van der Waals surface area contributed by atoms with Crippen LogP contribution >= 0.6 is 0 Å². The topological polar surface area (TPSA) is 83.4 Å². The van der Waals surface area contributed by atoms with Gasteiger partial charge >= 0.3 is 0 Å². The molecule has 5 nitrogen and oxygen atoms in total. The third kappa shape index (κ3) is 2.22. The highest BCUT2D eigenvalue weighted by molar-refractivity contribution is 5.54. The van der Waals surface area contributed by atoms with Gasteiger partial charge in [0.25, 0.3) is 0 Å². The molecule has 0 spiro atoms. The van der Waals surface area contributed by atoms with Gasteiger partial charge in [-0.05, 0) is 12.8 Å². The molecular weight excluding hydrogens is 214 g/mol. The lowest BCUT2D eigenvalue weighted by atomic mass is 10.2. The maximum atomic E-state index is 5.54. The molecule has 0 saturated heterocycles. The Morgan fingerprint density at radius 3 is 2.65 bits per heavy atom. The maximum Gasteiger partial charge on any atom is 0.156 e. The Hall–Kier alpha value is -2.04. The van der Waals surface area contributed by atoms with Gasteiger partial charge in [0, 0.05) is 6.07 Å². The molecule has 0 aromatic carbocycles. The average Bonchev–Trinajstić information content (AvgIpc) is 2.97. The van der Waals surface area contributed by atoms with Gasteiger partial charge in [-0.3, -0.25) is 5.10 Å². The number of hydrogen-bond donors (Lipinski definition) is 3. The summed E-state index contributed by atoms with van der Waals surface area (Å²) in [6.45, 7) is 4.00. The van der Waals surface area contributed by atoms with Crippen molar-refractivity contribution in [3.63, 3.8) is 0 Å². The van der Waals surface area contributed by atoms with E-state index < -0.39 is 0 Å². The summed E-state index contributed by atoms with van der Waals surface area (Å²) in [6, 6.07) is 1.77. The largest absolute Gasteiger partial charge is 0.382 e. The van der Waals surface area contributed by atoms with Gasteiger partial charge in [0.1, 0.15) is 11.5 Å². The van der Waals surface area contributed by atoms with Crippen molar-refractivity contribution in [2.24, 2.45) is 0 Å². The van der Waals surface area contributed by atoms with Crippen LogP contribution in [0.4, 0.5) is 5.82 Å².